The number of nitrogens with one attached hydrogen (secondary N) is 2. The van der Waals surface area contributed by atoms with Crippen molar-refractivity contribution >= 4 is 41.0 Å². The number of para-hydroxylation sites is 1. The predicted octanol–water partition coefficient (Wildman–Crippen LogP) is 5.77. The summed E-state index contributed by atoms with van der Waals surface area (Å²) in [7, 11) is 0. The molecule has 4 heterocycles. The number of benzene rings is 2. The van der Waals surface area contributed by atoms with E-state index in [1.54, 1.807) is 24.0 Å². The Morgan fingerprint density at radius 1 is 1.02 bits per heavy atom. The fraction of sp³-hybridized carbons (Fsp3) is 0.486. The average Bonchev–Trinajstić information content (AvgIpc) is 3.52. The lowest BCUT2D eigenvalue weighted by Gasteiger charge is -2.41. The average molecular weight is 662 g/mol. The topological polar surface area (TPSA) is 112 Å². The second kappa shape index (κ2) is 14.8. The quantitative estimate of drug-likeness (QED) is 0.267. The van der Waals surface area contributed by atoms with Crippen molar-refractivity contribution in [2.24, 2.45) is 0 Å². The van der Waals surface area contributed by atoms with Gasteiger partial charge in [-0.05, 0) is 82.3 Å². The van der Waals surface area contributed by atoms with Crippen LogP contribution >= 0.6 is 11.6 Å². The normalized spacial score (nSPS) is 20.4. The van der Waals surface area contributed by atoms with Crippen molar-refractivity contribution in [2.45, 2.75) is 77.0 Å². The van der Waals surface area contributed by atoms with Gasteiger partial charge in [0.15, 0.2) is 0 Å². The molecular weight excluding hydrogens is 618 g/mol. The van der Waals surface area contributed by atoms with Crippen LogP contribution in [0.5, 0.6) is 0 Å². The Morgan fingerprint density at radius 2 is 1.74 bits per heavy atom. The number of nitrogens with zero attached hydrogens (tertiary/aromatic N) is 5. The van der Waals surface area contributed by atoms with Crippen molar-refractivity contribution in [3.8, 4) is 0 Å². The highest BCUT2D eigenvalue weighted by Crippen LogP contribution is 2.42. The number of carbonyl (C=O) groups excluding carboxylic acids is 3. The second-order valence-electron chi connectivity index (χ2n) is 12.6. The third kappa shape index (κ3) is 7.57. The number of aryl methyl sites for hydroxylation is 1. The van der Waals surface area contributed by atoms with Gasteiger partial charge in [-0.1, -0.05) is 29.8 Å². The first-order valence-corrected chi connectivity index (χ1v) is 17.1. The molecule has 1 unspecified atom stereocenters. The van der Waals surface area contributed by atoms with Crippen molar-refractivity contribution in [3.63, 3.8) is 0 Å². The Labute approximate surface area is 281 Å². The van der Waals surface area contributed by atoms with Crippen molar-refractivity contribution < 1.29 is 19.1 Å². The van der Waals surface area contributed by atoms with E-state index in [4.69, 9.17) is 21.3 Å². The third-order valence-corrected chi connectivity index (χ3v) is 9.89. The zero-order chi connectivity index (χ0) is 32.9. The maximum Gasteiger partial charge on any atom is 0.326 e. The van der Waals surface area contributed by atoms with E-state index in [1.165, 1.54) is 18.5 Å². The van der Waals surface area contributed by atoms with E-state index >= 15 is 0 Å². The third-order valence-electron chi connectivity index (χ3n) is 9.64. The van der Waals surface area contributed by atoms with Crippen LogP contribution in [0, 0.1) is 6.92 Å². The molecule has 6 rings (SSSR count). The van der Waals surface area contributed by atoms with Gasteiger partial charge in [0, 0.05) is 66.3 Å². The van der Waals surface area contributed by atoms with E-state index in [1.807, 2.05) is 47.4 Å². The van der Waals surface area contributed by atoms with Gasteiger partial charge < -0.3 is 24.8 Å². The van der Waals surface area contributed by atoms with E-state index in [2.05, 4.69) is 27.0 Å². The highest BCUT2D eigenvalue weighted by Gasteiger charge is 2.42. The summed E-state index contributed by atoms with van der Waals surface area (Å²) < 4.78 is 7.37. The molecule has 250 valence electrons. The number of fused-ring (bicyclic) bond motifs is 3. The van der Waals surface area contributed by atoms with Gasteiger partial charge in [0.25, 0.3) is 0 Å². The Kier molecular flexibility index (Phi) is 10.3. The number of imidazole rings is 1. The van der Waals surface area contributed by atoms with Crippen LogP contribution in [0.15, 0.2) is 54.6 Å². The molecule has 12 heteroatoms. The Hall–Kier alpha value is -4.09. The van der Waals surface area contributed by atoms with E-state index in [9.17, 15) is 14.4 Å². The number of hydrogen-bond acceptors (Lipinski definition) is 6. The fourth-order valence-corrected chi connectivity index (χ4v) is 7.71. The summed E-state index contributed by atoms with van der Waals surface area (Å²) in [4.78, 5) is 48.9. The van der Waals surface area contributed by atoms with Crippen molar-refractivity contribution in [1.29, 1.82) is 0 Å². The predicted molar refractivity (Wildman–Crippen MR) is 182 cm³/mol. The Bertz CT molecular complexity index is 1550. The Morgan fingerprint density at radius 3 is 2.45 bits per heavy atom. The van der Waals surface area contributed by atoms with Crippen LogP contribution in [0.4, 0.5) is 21.0 Å². The lowest BCUT2D eigenvalue weighted by atomic mass is 9.95. The van der Waals surface area contributed by atoms with Gasteiger partial charge in [0.1, 0.15) is 12.4 Å². The Balaban J connectivity index is 1.05. The molecule has 0 aliphatic carbocycles. The van der Waals surface area contributed by atoms with Crippen LogP contribution in [-0.2, 0) is 22.5 Å². The number of carbonyl (C=O) groups is 3. The molecule has 0 spiro atoms. The SMILES string of the molecule is CCOC(=O)CNC(=O)N1CCc2c(nc(C)n2C2C[C@H]3CC[C@@H](C2)N3CCCN(C(=O)Nc2ccc(Cl)cc2)c2ccccc2)C1. The molecule has 3 aromatic rings. The molecular formula is C35H44ClN7O4. The van der Waals surface area contributed by atoms with Gasteiger partial charge in [-0.15, -0.1) is 0 Å². The first-order valence-electron chi connectivity index (χ1n) is 16.7. The molecule has 2 fully saturated rings. The highest BCUT2D eigenvalue weighted by atomic mass is 35.5. The van der Waals surface area contributed by atoms with E-state index in [0.29, 0.717) is 48.5 Å². The van der Waals surface area contributed by atoms with Gasteiger partial charge in [0.05, 0.1) is 18.8 Å². The monoisotopic (exact) mass is 661 g/mol. The minimum atomic E-state index is -0.437. The number of halogens is 1. The summed E-state index contributed by atoms with van der Waals surface area (Å²) in [5, 5.41) is 6.32. The van der Waals surface area contributed by atoms with Crippen molar-refractivity contribution in [2.75, 3.05) is 43.0 Å². The molecule has 2 N–H and O–H groups in total. The standard InChI is InChI=1S/C35H44ClN7O4/c1-3-47-33(44)22-37-34(45)40-19-16-32-31(23-40)38-24(2)43(32)30-20-28-14-15-29(21-30)41(28)17-7-18-42(27-8-5-4-6-9-27)35(46)39-26-12-10-25(36)11-13-26/h4-6,8-13,28-30H,3,7,14-23H2,1-2H3,(H,37,45)(H,39,46)/t28-,29+,30?. The number of urea groups is 2. The number of hydrogen-bond donors (Lipinski definition) is 2. The second-order valence-corrected chi connectivity index (χ2v) is 13.0. The lowest BCUT2D eigenvalue weighted by molar-refractivity contribution is -0.141. The van der Waals surface area contributed by atoms with Crippen molar-refractivity contribution in [3.05, 3.63) is 76.8 Å². The highest BCUT2D eigenvalue weighted by molar-refractivity contribution is 6.30. The zero-order valence-electron chi connectivity index (χ0n) is 27.2. The van der Waals surface area contributed by atoms with Crippen LogP contribution in [-0.4, -0.2) is 82.3 Å². The summed E-state index contributed by atoms with van der Waals surface area (Å²) in [5.41, 5.74) is 3.77. The number of anilines is 2. The summed E-state index contributed by atoms with van der Waals surface area (Å²) >= 11 is 6.04. The first kappa shape index (κ1) is 32.8. The lowest BCUT2D eigenvalue weighted by Crippen LogP contribution is -2.46. The van der Waals surface area contributed by atoms with E-state index in [-0.39, 0.29) is 25.2 Å². The number of aromatic nitrogens is 2. The number of esters is 1. The maximum atomic E-state index is 13.4. The van der Waals surface area contributed by atoms with Gasteiger partial charge >= 0.3 is 18.0 Å². The first-order chi connectivity index (χ1) is 22.8. The van der Waals surface area contributed by atoms with Crippen LogP contribution in [0.25, 0.3) is 0 Å². The maximum absolute atomic E-state index is 13.4. The zero-order valence-corrected chi connectivity index (χ0v) is 27.9. The van der Waals surface area contributed by atoms with Crippen molar-refractivity contribution in [1.82, 2.24) is 24.7 Å². The van der Waals surface area contributed by atoms with Gasteiger partial charge in [-0.2, -0.15) is 0 Å². The van der Waals surface area contributed by atoms with Crippen LogP contribution in [0.1, 0.15) is 62.3 Å². The fourth-order valence-electron chi connectivity index (χ4n) is 7.58. The van der Waals surface area contributed by atoms with E-state index < -0.39 is 5.97 Å². The number of amides is 4. The molecule has 0 radical (unpaired) electrons. The minimum Gasteiger partial charge on any atom is -0.465 e. The molecule has 3 atom stereocenters. The molecule has 4 amide bonds. The van der Waals surface area contributed by atoms with Gasteiger partial charge in [0.2, 0.25) is 0 Å². The number of ether oxygens (including phenoxy) is 1. The van der Waals surface area contributed by atoms with Crippen LogP contribution in [0.3, 0.4) is 0 Å². The molecule has 47 heavy (non-hydrogen) atoms. The molecule has 0 saturated carbocycles. The van der Waals surface area contributed by atoms with Crippen LogP contribution < -0.4 is 15.5 Å². The molecule has 2 aromatic carbocycles. The summed E-state index contributed by atoms with van der Waals surface area (Å²) in [5.74, 6) is 0.569. The smallest absolute Gasteiger partial charge is 0.326 e. The summed E-state index contributed by atoms with van der Waals surface area (Å²) in [6, 6.07) is 17.9. The van der Waals surface area contributed by atoms with Gasteiger partial charge in [-0.3, -0.25) is 14.6 Å². The molecule has 2 saturated heterocycles. The summed E-state index contributed by atoms with van der Waals surface area (Å²) in [6.07, 6.45) is 6.13. The van der Waals surface area contributed by atoms with Crippen LogP contribution in [0.2, 0.25) is 5.02 Å². The molecule has 2 bridgehead atoms. The molecule has 11 nitrogen and oxygen atoms in total. The molecule has 3 aliphatic rings. The molecule has 1 aromatic heterocycles. The number of piperidine rings is 1. The molecule has 3 aliphatic heterocycles. The minimum absolute atomic E-state index is 0.133. The summed E-state index contributed by atoms with van der Waals surface area (Å²) in [6.45, 7) is 6.55. The largest absolute Gasteiger partial charge is 0.465 e. The number of rotatable bonds is 10. The van der Waals surface area contributed by atoms with Gasteiger partial charge in [-0.25, -0.2) is 14.6 Å². The van der Waals surface area contributed by atoms with E-state index in [0.717, 1.165) is 49.4 Å².